The van der Waals surface area contributed by atoms with Gasteiger partial charge in [-0.2, -0.15) is 4.37 Å². The van der Waals surface area contributed by atoms with Gasteiger partial charge in [-0.25, -0.2) is 9.37 Å². The lowest BCUT2D eigenvalue weighted by molar-refractivity contribution is 0.631. The lowest BCUT2D eigenvalue weighted by Gasteiger charge is -1.99. The summed E-state index contributed by atoms with van der Waals surface area (Å²) in [5, 5.41) is 0.814. The van der Waals surface area contributed by atoms with E-state index in [4.69, 9.17) is 11.6 Å². The van der Waals surface area contributed by atoms with E-state index in [0.29, 0.717) is 20.3 Å². The normalized spacial score (nSPS) is 10.5. The summed E-state index contributed by atoms with van der Waals surface area (Å²) in [6.45, 7) is 0. The van der Waals surface area contributed by atoms with Gasteiger partial charge in [0, 0.05) is 0 Å². The van der Waals surface area contributed by atoms with E-state index in [2.05, 4.69) is 25.3 Å². The van der Waals surface area contributed by atoms with E-state index < -0.39 is 0 Å². The molecule has 0 fully saturated rings. The fourth-order valence-electron chi connectivity index (χ4n) is 1.01. The highest BCUT2D eigenvalue weighted by molar-refractivity contribution is 9.10. The number of hydrogen-bond acceptors (Lipinski definition) is 3. The largest absolute Gasteiger partial charge is 0.209 e. The Morgan fingerprint density at radius 3 is 2.79 bits per heavy atom. The first kappa shape index (κ1) is 10.0. The third kappa shape index (κ3) is 1.80. The Morgan fingerprint density at radius 1 is 1.43 bits per heavy atom. The molecule has 0 radical (unpaired) electrons. The predicted octanol–water partition coefficient (Wildman–Crippen LogP) is 3.76. The second-order valence-electron chi connectivity index (χ2n) is 2.47. The highest BCUT2D eigenvalue weighted by Crippen LogP contribution is 2.32. The Hall–Kier alpha value is -0.520. The maximum Gasteiger partial charge on any atom is 0.209 e. The van der Waals surface area contributed by atoms with Crippen LogP contribution >= 0.6 is 39.1 Å². The minimum atomic E-state index is -0.388. The quantitative estimate of drug-likeness (QED) is 0.800. The minimum Gasteiger partial charge on any atom is -0.209 e. The summed E-state index contributed by atoms with van der Waals surface area (Å²) in [4.78, 5) is 4.00. The van der Waals surface area contributed by atoms with Crippen LogP contribution in [0.15, 0.2) is 22.9 Å². The highest BCUT2D eigenvalue weighted by Gasteiger charge is 2.13. The van der Waals surface area contributed by atoms with Crippen LogP contribution in [0.25, 0.3) is 10.6 Å². The molecule has 0 atom stereocenters. The smallest absolute Gasteiger partial charge is 0.209 e. The van der Waals surface area contributed by atoms with Crippen molar-refractivity contribution >= 4 is 39.1 Å². The van der Waals surface area contributed by atoms with Gasteiger partial charge in [0.25, 0.3) is 0 Å². The molecule has 0 aliphatic carbocycles. The SMILES string of the molecule is Fc1cccc(Cl)c1-c1nc(Br)ns1. The van der Waals surface area contributed by atoms with Crippen LogP contribution in [0.5, 0.6) is 0 Å². The second-order valence-corrected chi connectivity index (χ2v) is 4.33. The van der Waals surface area contributed by atoms with Crippen LogP contribution in [0, 0.1) is 5.82 Å². The second kappa shape index (κ2) is 3.92. The van der Waals surface area contributed by atoms with Crippen LogP contribution in [0.1, 0.15) is 0 Å². The van der Waals surface area contributed by atoms with Crippen LogP contribution in [0.2, 0.25) is 5.02 Å². The molecule has 2 aromatic rings. The molecule has 0 spiro atoms. The van der Waals surface area contributed by atoms with Crippen LogP contribution in [0.3, 0.4) is 0 Å². The lowest BCUT2D eigenvalue weighted by Crippen LogP contribution is -1.84. The van der Waals surface area contributed by atoms with Crippen molar-refractivity contribution in [3.63, 3.8) is 0 Å². The van der Waals surface area contributed by atoms with Crippen LogP contribution in [-0.2, 0) is 0 Å². The van der Waals surface area contributed by atoms with Crippen molar-refractivity contribution in [2.75, 3.05) is 0 Å². The van der Waals surface area contributed by atoms with Gasteiger partial charge >= 0.3 is 0 Å². The molecular formula is C8H3BrClFN2S. The third-order valence-electron chi connectivity index (χ3n) is 1.58. The Morgan fingerprint density at radius 2 is 2.21 bits per heavy atom. The number of benzene rings is 1. The summed E-state index contributed by atoms with van der Waals surface area (Å²) < 4.78 is 17.7. The molecule has 0 amide bonds. The lowest BCUT2D eigenvalue weighted by atomic mass is 10.2. The molecule has 0 aliphatic rings. The van der Waals surface area contributed by atoms with Gasteiger partial charge in [-0.05, 0) is 39.6 Å². The maximum atomic E-state index is 13.4. The van der Waals surface area contributed by atoms with E-state index >= 15 is 0 Å². The summed E-state index contributed by atoms with van der Waals surface area (Å²) in [6.07, 6.45) is 0. The van der Waals surface area contributed by atoms with Gasteiger partial charge in [-0.15, -0.1) is 0 Å². The maximum absolute atomic E-state index is 13.4. The summed E-state index contributed by atoms with van der Waals surface area (Å²) in [7, 11) is 0. The number of aromatic nitrogens is 2. The van der Waals surface area contributed by atoms with Crippen molar-refractivity contribution in [1.29, 1.82) is 0 Å². The predicted molar refractivity (Wildman–Crippen MR) is 58.0 cm³/mol. The Bertz CT molecular complexity index is 454. The van der Waals surface area contributed by atoms with Crippen LogP contribution < -0.4 is 0 Å². The molecule has 0 aliphatic heterocycles. The molecule has 2 rings (SSSR count). The molecule has 14 heavy (non-hydrogen) atoms. The summed E-state index contributed by atoms with van der Waals surface area (Å²) in [5.74, 6) is -0.388. The van der Waals surface area contributed by atoms with Gasteiger partial charge in [-0.1, -0.05) is 17.7 Å². The fraction of sp³-hybridized carbons (Fsp3) is 0. The average Bonchev–Trinajstić information content (AvgIpc) is 2.51. The van der Waals surface area contributed by atoms with E-state index in [9.17, 15) is 4.39 Å². The van der Waals surface area contributed by atoms with Gasteiger partial charge in [-0.3, -0.25) is 0 Å². The van der Waals surface area contributed by atoms with Crippen molar-refractivity contribution < 1.29 is 4.39 Å². The first-order valence-corrected chi connectivity index (χ1v) is 5.56. The van der Waals surface area contributed by atoms with Gasteiger partial charge in [0.15, 0.2) is 0 Å². The zero-order chi connectivity index (χ0) is 10.1. The van der Waals surface area contributed by atoms with Crippen molar-refractivity contribution in [3.05, 3.63) is 33.8 Å². The summed E-state index contributed by atoms with van der Waals surface area (Å²) >= 11 is 10.1. The average molecular weight is 294 g/mol. The monoisotopic (exact) mass is 292 g/mol. The van der Waals surface area contributed by atoms with Gasteiger partial charge in [0.2, 0.25) is 4.73 Å². The molecule has 6 heteroatoms. The highest BCUT2D eigenvalue weighted by atomic mass is 79.9. The number of halogens is 3. The molecule has 72 valence electrons. The molecule has 0 saturated carbocycles. The Kier molecular flexibility index (Phi) is 2.80. The van der Waals surface area contributed by atoms with Crippen molar-refractivity contribution in [2.45, 2.75) is 0 Å². The molecule has 0 saturated heterocycles. The number of hydrogen-bond donors (Lipinski definition) is 0. The van der Waals surface area contributed by atoms with E-state index in [0.717, 1.165) is 11.5 Å². The molecule has 2 nitrogen and oxygen atoms in total. The Labute approximate surface area is 97.0 Å². The molecule has 1 aromatic heterocycles. The van der Waals surface area contributed by atoms with Crippen LogP contribution in [0.4, 0.5) is 4.39 Å². The standard InChI is InChI=1S/C8H3BrClFN2S/c9-8-12-7(14-13-8)6-4(10)2-1-3-5(6)11/h1-3H. The van der Waals surface area contributed by atoms with E-state index in [-0.39, 0.29) is 5.82 Å². The molecule has 0 unspecified atom stereocenters. The molecular weight excluding hydrogens is 291 g/mol. The first-order chi connectivity index (χ1) is 6.68. The van der Waals surface area contributed by atoms with Crippen molar-refractivity contribution in [3.8, 4) is 10.6 Å². The molecule has 0 N–H and O–H groups in total. The van der Waals surface area contributed by atoms with E-state index in [1.54, 1.807) is 12.1 Å². The Balaban J connectivity index is 2.61. The zero-order valence-electron chi connectivity index (χ0n) is 6.67. The van der Waals surface area contributed by atoms with Gasteiger partial charge in [0.05, 0.1) is 10.6 Å². The first-order valence-electron chi connectivity index (χ1n) is 3.62. The minimum absolute atomic E-state index is 0.303. The number of nitrogens with zero attached hydrogens (tertiary/aromatic N) is 2. The van der Waals surface area contributed by atoms with E-state index in [1.807, 2.05) is 0 Å². The van der Waals surface area contributed by atoms with Gasteiger partial charge < -0.3 is 0 Å². The third-order valence-corrected chi connectivity index (χ3v) is 3.21. The fourth-order valence-corrected chi connectivity index (χ4v) is 2.46. The molecule has 1 heterocycles. The van der Waals surface area contributed by atoms with Crippen molar-refractivity contribution in [1.82, 2.24) is 9.36 Å². The molecule has 1 aromatic carbocycles. The molecule has 0 bridgehead atoms. The van der Waals surface area contributed by atoms with Gasteiger partial charge in [0.1, 0.15) is 10.8 Å². The topological polar surface area (TPSA) is 25.8 Å². The zero-order valence-corrected chi connectivity index (χ0v) is 9.83. The summed E-state index contributed by atoms with van der Waals surface area (Å²) in [6, 6.07) is 4.52. The summed E-state index contributed by atoms with van der Waals surface area (Å²) in [5.41, 5.74) is 0.303. The van der Waals surface area contributed by atoms with Crippen molar-refractivity contribution in [2.24, 2.45) is 0 Å². The number of rotatable bonds is 1. The van der Waals surface area contributed by atoms with Crippen LogP contribution in [-0.4, -0.2) is 9.36 Å². The van der Waals surface area contributed by atoms with E-state index in [1.165, 1.54) is 6.07 Å².